The lowest BCUT2D eigenvalue weighted by Gasteiger charge is -2.28. The van der Waals surface area contributed by atoms with E-state index in [1.807, 2.05) is 25.6 Å². The zero-order valence-electron chi connectivity index (χ0n) is 11.4. The molecule has 0 unspecified atom stereocenters. The molecule has 1 saturated heterocycles. The van der Waals surface area contributed by atoms with E-state index in [0.29, 0.717) is 6.04 Å². The molecule has 2 N–H and O–H groups in total. The number of aliphatic hydroxyl groups is 1. The van der Waals surface area contributed by atoms with Crippen LogP contribution in [0.5, 0.6) is 0 Å². The van der Waals surface area contributed by atoms with Crippen LogP contribution in [-0.2, 0) is 4.74 Å². The van der Waals surface area contributed by atoms with Crippen molar-refractivity contribution >= 4 is 11.8 Å². The number of ether oxygens (including phenoxy) is 1. The summed E-state index contributed by atoms with van der Waals surface area (Å²) in [4.78, 5) is 0. The highest BCUT2D eigenvalue weighted by Gasteiger charge is 2.19. The molecule has 0 aromatic rings. The molecular weight excluding hydrogens is 234 g/mol. The maximum atomic E-state index is 9.57. The Labute approximate surface area is 110 Å². The summed E-state index contributed by atoms with van der Waals surface area (Å²) in [5, 5.41) is 13.2. The van der Waals surface area contributed by atoms with Gasteiger partial charge in [-0.3, -0.25) is 0 Å². The first-order valence-electron chi connectivity index (χ1n) is 6.60. The van der Waals surface area contributed by atoms with Gasteiger partial charge in [-0.2, -0.15) is 11.8 Å². The van der Waals surface area contributed by atoms with Crippen molar-refractivity contribution in [2.75, 3.05) is 31.3 Å². The fourth-order valence-electron chi connectivity index (χ4n) is 2.06. The first kappa shape index (κ1) is 15.3. The number of thioether (sulfide) groups is 1. The molecule has 3 nitrogen and oxygen atoms in total. The fourth-order valence-corrected chi connectivity index (χ4v) is 2.97. The summed E-state index contributed by atoms with van der Waals surface area (Å²) in [7, 11) is 0. The van der Waals surface area contributed by atoms with E-state index in [9.17, 15) is 5.11 Å². The van der Waals surface area contributed by atoms with Gasteiger partial charge < -0.3 is 15.2 Å². The Morgan fingerprint density at radius 3 is 2.65 bits per heavy atom. The lowest BCUT2D eigenvalue weighted by atomic mass is 9.93. The molecule has 0 aromatic carbocycles. The van der Waals surface area contributed by atoms with Crippen molar-refractivity contribution in [3.8, 4) is 0 Å². The predicted octanol–water partition coefficient (Wildman–Crippen LogP) is 1.90. The summed E-state index contributed by atoms with van der Waals surface area (Å²) in [5.41, 5.74) is -0.545. The number of nitrogens with one attached hydrogen (secondary N) is 1. The third kappa shape index (κ3) is 7.29. The molecule has 0 amide bonds. The summed E-state index contributed by atoms with van der Waals surface area (Å²) in [5.74, 6) is 2.64. The largest absolute Gasteiger partial charge is 0.390 e. The molecule has 0 radical (unpaired) electrons. The van der Waals surface area contributed by atoms with Crippen LogP contribution in [0, 0.1) is 5.92 Å². The Morgan fingerprint density at radius 2 is 2.06 bits per heavy atom. The van der Waals surface area contributed by atoms with E-state index in [4.69, 9.17) is 4.74 Å². The molecule has 0 spiro atoms. The zero-order valence-corrected chi connectivity index (χ0v) is 12.2. The second kappa shape index (κ2) is 7.62. The molecule has 0 aromatic heterocycles. The van der Waals surface area contributed by atoms with E-state index in [-0.39, 0.29) is 0 Å². The van der Waals surface area contributed by atoms with Crippen LogP contribution < -0.4 is 5.32 Å². The van der Waals surface area contributed by atoms with Crippen molar-refractivity contribution in [3.63, 3.8) is 0 Å². The SMILES string of the molecule is C[C@H](NCCSCC(C)(C)O)C1CCOCC1. The molecule has 1 aliphatic rings. The highest BCUT2D eigenvalue weighted by atomic mass is 32.2. The van der Waals surface area contributed by atoms with Crippen LogP contribution >= 0.6 is 11.8 Å². The summed E-state index contributed by atoms with van der Waals surface area (Å²) in [6.45, 7) is 8.86. The van der Waals surface area contributed by atoms with Gasteiger partial charge in [-0.05, 0) is 39.5 Å². The minimum atomic E-state index is -0.545. The van der Waals surface area contributed by atoms with E-state index in [1.165, 1.54) is 12.8 Å². The van der Waals surface area contributed by atoms with Gasteiger partial charge in [-0.25, -0.2) is 0 Å². The summed E-state index contributed by atoms with van der Waals surface area (Å²) in [6, 6.07) is 0.585. The molecule has 1 atom stereocenters. The third-order valence-corrected chi connectivity index (χ3v) is 4.54. The summed E-state index contributed by atoms with van der Waals surface area (Å²) in [6.07, 6.45) is 2.37. The highest BCUT2D eigenvalue weighted by Crippen LogP contribution is 2.18. The van der Waals surface area contributed by atoms with Gasteiger partial charge in [0.2, 0.25) is 0 Å². The molecule has 0 bridgehead atoms. The van der Waals surface area contributed by atoms with Crippen molar-refractivity contribution in [1.29, 1.82) is 0 Å². The van der Waals surface area contributed by atoms with Crippen molar-refractivity contribution < 1.29 is 9.84 Å². The van der Waals surface area contributed by atoms with Crippen LogP contribution in [0.1, 0.15) is 33.6 Å². The average molecular weight is 261 g/mol. The van der Waals surface area contributed by atoms with Crippen LogP contribution in [0.4, 0.5) is 0 Å². The molecule has 1 aliphatic heterocycles. The Bertz CT molecular complexity index is 200. The first-order chi connectivity index (χ1) is 7.99. The lowest BCUT2D eigenvalue weighted by Crippen LogP contribution is -2.38. The Hall–Kier alpha value is 0.230. The molecule has 0 saturated carbocycles. The summed E-state index contributed by atoms with van der Waals surface area (Å²) < 4.78 is 5.37. The van der Waals surface area contributed by atoms with E-state index in [2.05, 4.69) is 12.2 Å². The Balaban J connectivity index is 2.01. The molecule has 102 valence electrons. The number of hydrogen-bond donors (Lipinski definition) is 2. The maximum Gasteiger partial charge on any atom is 0.0681 e. The molecular formula is C13H27NO2S. The van der Waals surface area contributed by atoms with Gasteiger partial charge in [-0.15, -0.1) is 0 Å². The number of rotatable bonds is 7. The van der Waals surface area contributed by atoms with Crippen molar-refractivity contribution in [2.45, 2.75) is 45.3 Å². The fraction of sp³-hybridized carbons (Fsp3) is 1.00. The predicted molar refractivity (Wildman–Crippen MR) is 74.6 cm³/mol. The van der Waals surface area contributed by atoms with Gasteiger partial charge in [0.25, 0.3) is 0 Å². The van der Waals surface area contributed by atoms with Gasteiger partial charge in [0, 0.05) is 37.3 Å². The zero-order chi connectivity index (χ0) is 12.7. The summed E-state index contributed by atoms with van der Waals surface area (Å²) >= 11 is 1.81. The molecule has 4 heteroatoms. The maximum absolute atomic E-state index is 9.57. The normalized spacial score (nSPS) is 20.5. The minimum absolute atomic E-state index is 0.545. The van der Waals surface area contributed by atoms with Gasteiger partial charge >= 0.3 is 0 Å². The van der Waals surface area contributed by atoms with Gasteiger partial charge in [0.05, 0.1) is 5.60 Å². The molecule has 0 aliphatic carbocycles. The van der Waals surface area contributed by atoms with E-state index >= 15 is 0 Å². The van der Waals surface area contributed by atoms with Crippen LogP contribution in [0.3, 0.4) is 0 Å². The van der Waals surface area contributed by atoms with E-state index in [0.717, 1.165) is 37.2 Å². The van der Waals surface area contributed by atoms with Crippen LogP contribution in [0.15, 0.2) is 0 Å². The third-order valence-electron chi connectivity index (χ3n) is 3.14. The smallest absolute Gasteiger partial charge is 0.0681 e. The topological polar surface area (TPSA) is 41.5 Å². The second-order valence-corrected chi connectivity index (χ2v) is 6.66. The van der Waals surface area contributed by atoms with E-state index < -0.39 is 5.60 Å². The van der Waals surface area contributed by atoms with E-state index in [1.54, 1.807) is 0 Å². The number of hydrogen-bond acceptors (Lipinski definition) is 4. The highest BCUT2D eigenvalue weighted by molar-refractivity contribution is 7.99. The lowest BCUT2D eigenvalue weighted by molar-refractivity contribution is 0.0562. The minimum Gasteiger partial charge on any atom is -0.390 e. The Kier molecular flexibility index (Phi) is 6.85. The van der Waals surface area contributed by atoms with Gasteiger partial charge in [0.15, 0.2) is 0 Å². The van der Waals surface area contributed by atoms with Gasteiger partial charge in [-0.1, -0.05) is 0 Å². The van der Waals surface area contributed by atoms with Crippen LogP contribution in [0.25, 0.3) is 0 Å². The molecule has 1 rings (SSSR count). The van der Waals surface area contributed by atoms with Crippen LogP contribution in [-0.4, -0.2) is 48.0 Å². The van der Waals surface area contributed by atoms with Crippen LogP contribution in [0.2, 0.25) is 0 Å². The average Bonchev–Trinajstić information content (AvgIpc) is 2.28. The molecule has 1 heterocycles. The van der Waals surface area contributed by atoms with Crippen molar-refractivity contribution in [2.24, 2.45) is 5.92 Å². The van der Waals surface area contributed by atoms with Crippen molar-refractivity contribution in [1.82, 2.24) is 5.32 Å². The Morgan fingerprint density at radius 1 is 1.41 bits per heavy atom. The monoisotopic (exact) mass is 261 g/mol. The van der Waals surface area contributed by atoms with Crippen molar-refractivity contribution in [3.05, 3.63) is 0 Å². The molecule has 1 fully saturated rings. The van der Waals surface area contributed by atoms with Gasteiger partial charge in [0.1, 0.15) is 0 Å². The standard InChI is InChI=1S/C13H27NO2S/c1-11(12-4-7-16-8-5-12)14-6-9-17-10-13(2,3)15/h11-12,14-15H,4-10H2,1-3H3/t11-/m0/s1. The second-order valence-electron chi connectivity index (χ2n) is 5.56. The molecule has 17 heavy (non-hydrogen) atoms. The quantitative estimate of drug-likeness (QED) is 0.687. The first-order valence-corrected chi connectivity index (χ1v) is 7.76.